The monoisotopic (exact) mass is 289 g/mol. The van der Waals surface area contributed by atoms with E-state index in [1.54, 1.807) is 18.2 Å². The Labute approximate surface area is 122 Å². The molecule has 0 unspecified atom stereocenters. The summed E-state index contributed by atoms with van der Waals surface area (Å²) in [5.74, 6) is -0.311. The third-order valence-corrected chi connectivity index (χ3v) is 3.22. The molecule has 0 aliphatic carbocycles. The molecule has 21 heavy (non-hydrogen) atoms. The molecule has 2 aromatic rings. The Hall–Kier alpha value is -2.63. The van der Waals surface area contributed by atoms with Crippen LogP contribution in [0.5, 0.6) is 0 Å². The van der Waals surface area contributed by atoms with E-state index >= 15 is 0 Å². The van der Waals surface area contributed by atoms with Crippen LogP contribution >= 0.6 is 0 Å². The van der Waals surface area contributed by atoms with Gasteiger partial charge >= 0.3 is 0 Å². The lowest BCUT2D eigenvalue weighted by Gasteiger charge is -2.23. The van der Waals surface area contributed by atoms with Crippen molar-refractivity contribution < 1.29 is 9.31 Å². The summed E-state index contributed by atoms with van der Waals surface area (Å²) in [5, 5.41) is 10.9. The van der Waals surface area contributed by atoms with Crippen LogP contribution in [0.1, 0.15) is 12.5 Å². The summed E-state index contributed by atoms with van der Waals surface area (Å²) in [5.41, 5.74) is 7.09. The molecule has 0 aromatic heterocycles. The van der Waals surface area contributed by atoms with Crippen molar-refractivity contribution in [1.82, 2.24) is 0 Å². The predicted octanol–water partition coefficient (Wildman–Crippen LogP) is 3.34. The zero-order chi connectivity index (χ0) is 15.4. The van der Waals surface area contributed by atoms with Crippen molar-refractivity contribution in [3.63, 3.8) is 0 Å². The molecular formula is C15H16FN3O2. The molecular weight excluding hydrogens is 273 g/mol. The first-order valence-electron chi connectivity index (χ1n) is 6.54. The van der Waals surface area contributed by atoms with Gasteiger partial charge in [-0.05, 0) is 36.8 Å². The number of nitrogen functional groups attached to an aromatic ring is 1. The number of benzene rings is 2. The molecule has 0 fully saturated rings. The molecule has 0 spiro atoms. The second kappa shape index (κ2) is 6.21. The molecule has 0 bridgehead atoms. The molecule has 0 saturated heterocycles. The van der Waals surface area contributed by atoms with Gasteiger partial charge < -0.3 is 10.6 Å². The van der Waals surface area contributed by atoms with Gasteiger partial charge in [-0.2, -0.15) is 0 Å². The van der Waals surface area contributed by atoms with Gasteiger partial charge in [0.25, 0.3) is 5.69 Å². The molecule has 0 atom stereocenters. The molecule has 0 aliphatic rings. The molecule has 0 aliphatic heterocycles. The maximum Gasteiger partial charge on any atom is 0.292 e. The van der Waals surface area contributed by atoms with Crippen molar-refractivity contribution in [1.29, 1.82) is 0 Å². The Bertz CT molecular complexity index is 661. The molecule has 0 radical (unpaired) electrons. The lowest BCUT2D eigenvalue weighted by Crippen LogP contribution is -2.22. The van der Waals surface area contributed by atoms with Crippen LogP contribution in [0, 0.1) is 15.9 Å². The van der Waals surface area contributed by atoms with E-state index in [2.05, 4.69) is 0 Å². The number of nitrogens with zero attached hydrogens (tertiary/aromatic N) is 2. The second-order valence-corrected chi connectivity index (χ2v) is 4.64. The fourth-order valence-corrected chi connectivity index (χ4v) is 2.12. The maximum atomic E-state index is 13.3. The van der Waals surface area contributed by atoms with Crippen LogP contribution < -0.4 is 10.6 Å². The zero-order valence-electron chi connectivity index (χ0n) is 11.6. The van der Waals surface area contributed by atoms with Gasteiger partial charge in [0.1, 0.15) is 11.5 Å². The van der Waals surface area contributed by atoms with Crippen LogP contribution in [0.15, 0.2) is 42.5 Å². The molecule has 0 saturated carbocycles. The fraction of sp³-hybridized carbons (Fsp3) is 0.200. The van der Waals surface area contributed by atoms with Crippen LogP contribution in [0.25, 0.3) is 0 Å². The zero-order valence-corrected chi connectivity index (χ0v) is 11.6. The van der Waals surface area contributed by atoms with Gasteiger partial charge in [0, 0.05) is 24.8 Å². The highest BCUT2D eigenvalue weighted by atomic mass is 19.1. The van der Waals surface area contributed by atoms with E-state index in [1.165, 1.54) is 24.3 Å². The molecule has 2 rings (SSSR count). The summed E-state index contributed by atoms with van der Waals surface area (Å²) in [4.78, 5) is 12.3. The van der Waals surface area contributed by atoms with Crippen LogP contribution in [0.3, 0.4) is 0 Å². The summed E-state index contributed by atoms with van der Waals surface area (Å²) >= 11 is 0. The molecule has 0 heterocycles. The number of anilines is 2. The highest BCUT2D eigenvalue weighted by molar-refractivity contribution is 5.59. The number of hydrogen-bond acceptors (Lipinski definition) is 4. The molecule has 5 nitrogen and oxygen atoms in total. The van der Waals surface area contributed by atoms with E-state index in [-0.39, 0.29) is 17.2 Å². The predicted molar refractivity (Wildman–Crippen MR) is 80.6 cm³/mol. The molecule has 6 heteroatoms. The molecule has 2 N–H and O–H groups in total. The number of halogens is 1. The lowest BCUT2D eigenvalue weighted by atomic mass is 10.1. The number of rotatable bonds is 5. The van der Waals surface area contributed by atoms with Gasteiger partial charge in [0.15, 0.2) is 0 Å². The van der Waals surface area contributed by atoms with Gasteiger partial charge in [0.05, 0.1) is 4.92 Å². The Balaban J connectivity index is 2.27. The number of nitro benzene ring substituents is 1. The molecule has 0 amide bonds. The van der Waals surface area contributed by atoms with E-state index in [0.29, 0.717) is 13.1 Å². The minimum absolute atomic E-state index is 0.109. The Morgan fingerprint density at radius 2 is 2.05 bits per heavy atom. The first-order valence-corrected chi connectivity index (χ1v) is 6.54. The number of nitro groups is 1. The second-order valence-electron chi connectivity index (χ2n) is 4.64. The van der Waals surface area contributed by atoms with Crippen LogP contribution in [0.4, 0.5) is 21.5 Å². The van der Waals surface area contributed by atoms with Crippen molar-refractivity contribution in [2.75, 3.05) is 17.2 Å². The SMILES string of the molecule is CCN(Cc1ccc(N)c([N+](=O)[O-])c1)c1cccc(F)c1. The van der Waals surface area contributed by atoms with E-state index in [9.17, 15) is 14.5 Å². The summed E-state index contributed by atoms with van der Waals surface area (Å²) in [6.45, 7) is 3.04. The van der Waals surface area contributed by atoms with Gasteiger partial charge in [0.2, 0.25) is 0 Å². The first kappa shape index (κ1) is 14.8. The topological polar surface area (TPSA) is 72.4 Å². The number of nitrogens with two attached hydrogens (primary N) is 1. The van der Waals surface area contributed by atoms with Crippen molar-refractivity contribution in [3.05, 3.63) is 64.0 Å². The van der Waals surface area contributed by atoms with Crippen LogP contribution in [-0.2, 0) is 6.54 Å². The Morgan fingerprint density at radius 3 is 2.67 bits per heavy atom. The Kier molecular flexibility index (Phi) is 4.37. The van der Waals surface area contributed by atoms with Crippen molar-refractivity contribution in [2.45, 2.75) is 13.5 Å². The van der Waals surface area contributed by atoms with Gasteiger partial charge in [-0.25, -0.2) is 4.39 Å². The van der Waals surface area contributed by atoms with E-state index < -0.39 is 4.92 Å². The van der Waals surface area contributed by atoms with Crippen LogP contribution in [-0.4, -0.2) is 11.5 Å². The highest BCUT2D eigenvalue weighted by Crippen LogP contribution is 2.24. The first-order chi connectivity index (χ1) is 10.0. The summed E-state index contributed by atoms with van der Waals surface area (Å²) in [6.07, 6.45) is 0. The van der Waals surface area contributed by atoms with E-state index in [0.717, 1.165) is 11.3 Å². The van der Waals surface area contributed by atoms with Gasteiger partial charge in [-0.3, -0.25) is 10.1 Å². The highest BCUT2D eigenvalue weighted by Gasteiger charge is 2.13. The smallest absolute Gasteiger partial charge is 0.292 e. The third-order valence-electron chi connectivity index (χ3n) is 3.22. The standard InChI is InChI=1S/C15H16FN3O2/c1-2-18(13-5-3-4-12(16)9-13)10-11-6-7-14(17)15(8-11)19(20)21/h3-9H,2,10,17H2,1H3. The average molecular weight is 289 g/mol. The van der Waals surface area contributed by atoms with Crippen molar-refractivity contribution in [2.24, 2.45) is 0 Å². The fourth-order valence-electron chi connectivity index (χ4n) is 2.12. The average Bonchev–Trinajstić information content (AvgIpc) is 2.46. The van der Waals surface area contributed by atoms with Crippen LogP contribution in [0.2, 0.25) is 0 Å². The quantitative estimate of drug-likeness (QED) is 0.520. The minimum atomic E-state index is -0.503. The summed E-state index contributed by atoms with van der Waals surface area (Å²) in [6, 6.07) is 11.0. The van der Waals surface area contributed by atoms with E-state index in [1.807, 2.05) is 11.8 Å². The van der Waals surface area contributed by atoms with Gasteiger partial charge in [-0.15, -0.1) is 0 Å². The summed E-state index contributed by atoms with van der Waals surface area (Å²) < 4.78 is 13.3. The minimum Gasteiger partial charge on any atom is -0.393 e. The molecule has 2 aromatic carbocycles. The largest absolute Gasteiger partial charge is 0.393 e. The van der Waals surface area contributed by atoms with Gasteiger partial charge in [-0.1, -0.05) is 12.1 Å². The number of hydrogen-bond donors (Lipinski definition) is 1. The normalized spacial score (nSPS) is 10.4. The molecule has 110 valence electrons. The maximum absolute atomic E-state index is 13.3. The summed E-state index contributed by atoms with van der Waals surface area (Å²) in [7, 11) is 0. The third kappa shape index (κ3) is 3.47. The van der Waals surface area contributed by atoms with Crippen molar-refractivity contribution in [3.8, 4) is 0 Å². The van der Waals surface area contributed by atoms with Crippen molar-refractivity contribution >= 4 is 17.1 Å². The Morgan fingerprint density at radius 1 is 1.29 bits per heavy atom. The lowest BCUT2D eigenvalue weighted by molar-refractivity contribution is -0.384. The van der Waals surface area contributed by atoms with E-state index in [4.69, 9.17) is 5.73 Å².